The van der Waals surface area contributed by atoms with Gasteiger partial charge < -0.3 is 20.7 Å². The molecule has 0 saturated heterocycles. The molecule has 3 N–H and O–H groups in total. The molecule has 1 aliphatic rings. The second-order valence-electron chi connectivity index (χ2n) is 7.75. The van der Waals surface area contributed by atoms with Crippen molar-refractivity contribution in [1.82, 2.24) is 5.32 Å². The molecule has 0 saturated carbocycles. The van der Waals surface area contributed by atoms with Crippen LogP contribution in [0, 0.1) is 11.3 Å². The number of ether oxygens (including phenoxy) is 1. The third-order valence-corrected chi connectivity index (χ3v) is 5.43. The lowest BCUT2D eigenvalue weighted by molar-refractivity contribution is -0.118. The van der Waals surface area contributed by atoms with Crippen LogP contribution in [0.15, 0.2) is 78.7 Å². The van der Waals surface area contributed by atoms with Gasteiger partial charge in [0, 0.05) is 18.3 Å². The zero-order valence-corrected chi connectivity index (χ0v) is 18.0. The first-order chi connectivity index (χ1) is 16.1. The summed E-state index contributed by atoms with van der Waals surface area (Å²) in [4.78, 5) is 24.0. The number of benzene rings is 3. The molecule has 0 bridgehead atoms. The zero-order valence-electron chi connectivity index (χ0n) is 18.0. The molecule has 1 unspecified atom stereocenters. The molecule has 1 aliphatic heterocycles. The maximum Gasteiger partial charge on any atom is 0.285 e. The third-order valence-electron chi connectivity index (χ3n) is 5.43. The minimum absolute atomic E-state index is 0.00547. The molecular weight excluding hydrogens is 416 g/mol. The maximum atomic E-state index is 13.2. The summed E-state index contributed by atoms with van der Waals surface area (Å²) < 4.78 is 5.36. The average Bonchev–Trinajstić information content (AvgIpc) is 3.27. The van der Waals surface area contributed by atoms with E-state index in [4.69, 9.17) is 10.00 Å². The lowest BCUT2D eigenvalue weighted by Crippen LogP contribution is -2.35. The molecular formula is C26H22N4O3. The topological polar surface area (TPSA) is 103 Å². The van der Waals surface area contributed by atoms with Crippen LogP contribution in [0.1, 0.15) is 35.6 Å². The van der Waals surface area contributed by atoms with Gasteiger partial charge in [-0.2, -0.15) is 5.26 Å². The average molecular weight is 438 g/mol. The van der Waals surface area contributed by atoms with Crippen molar-refractivity contribution >= 4 is 23.2 Å². The van der Waals surface area contributed by atoms with Gasteiger partial charge in [-0.3, -0.25) is 4.79 Å². The second kappa shape index (κ2) is 9.84. The Hall–Kier alpha value is -4.37. The summed E-state index contributed by atoms with van der Waals surface area (Å²) in [5.74, 6) is 2.03. The third kappa shape index (κ3) is 5.10. The lowest BCUT2D eigenvalue weighted by Gasteiger charge is -2.22. The fraction of sp³-hybridized carbons (Fsp3) is 0.154. The smallest absolute Gasteiger partial charge is 0.285 e. The molecule has 3 aromatic rings. The van der Waals surface area contributed by atoms with Crippen LogP contribution in [-0.2, 0) is 9.59 Å². The van der Waals surface area contributed by atoms with Crippen molar-refractivity contribution in [2.45, 2.75) is 18.9 Å². The van der Waals surface area contributed by atoms with Crippen molar-refractivity contribution in [3.05, 3.63) is 95.4 Å². The van der Waals surface area contributed by atoms with Crippen LogP contribution in [0.4, 0.5) is 11.4 Å². The molecule has 7 nitrogen and oxygen atoms in total. The number of nitrogens with zero attached hydrogens (tertiary/aromatic N) is 1. The molecule has 164 valence electrons. The van der Waals surface area contributed by atoms with E-state index >= 15 is 0 Å². The Balaban J connectivity index is 1.48. The summed E-state index contributed by atoms with van der Waals surface area (Å²) >= 11 is 0. The van der Waals surface area contributed by atoms with E-state index in [-0.39, 0.29) is 17.7 Å². The van der Waals surface area contributed by atoms with E-state index in [1.807, 2.05) is 42.5 Å². The van der Waals surface area contributed by atoms with Gasteiger partial charge in [0.05, 0.1) is 17.3 Å². The van der Waals surface area contributed by atoms with E-state index in [1.165, 1.54) is 0 Å². The summed E-state index contributed by atoms with van der Waals surface area (Å²) in [6.07, 6.45) is 0. The maximum absolute atomic E-state index is 13.2. The van der Waals surface area contributed by atoms with E-state index in [1.54, 1.807) is 36.3 Å². The predicted octanol–water partition coefficient (Wildman–Crippen LogP) is 4.11. The van der Waals surface area contributed by atoms with Gasteiger partial charge in [0.15, 0.2) is 11.7 Å². The van der Waals surface area contributed by atoms with Gasteiger partial charge in [0.2, 0.25) is 5.91 Å². The highest BCUT2D eigenvalue weighted by Gasteiger charge is 2.23. The summed E-state index contributed by atoms with van der Waals surface area (Å²) in [5, 5.41) is 18.1. The van der Waals surface area contributed by atoms with Gasteiger partial charge in [-0.25, -0.2) is 4.79 Å². The Morgan fingerprint density at radius 3 is 2.52 bits per heavy atom. The number of amides is 1. The summed E-state index contributed by atoms with van der Waals surface area (Å²) in [5.41, 5.74) is 3.73. The molecule has 4 rings (SSSR count). The van der Waals surface area contributed by atoms with Gasteiger partial charge in [-0.15, -0.1) is 0 Å². The van der Waals surface area contributed by atoms with Crippen molar-refractivity contribution in [2.24, 2.45) is 0 Å². The number of hydrogen-bond acceptors (Lipinski definition) is 6. The number of carbonyl (C=O) groups excluding carboxylic acids is 2. The van der Waals surface area contributed by atoms with Gasteiger partial charge in [-0.05, 0) is 41.3 Å². The fourth-order valence-corrected chi connectivity index (χ4v) is 3.61. The summed E-state index contributed by atoms with van der Waals surface area (Å²) in [6.45, 7) is 2.63. The number of fused-ring (bicyclic) bond motifs is 1. The minimum atomic E-state index is -0.579. The first kappa shape index (κ1) is 21.8. The van der Waals surface area contributed by atoms with E-state index in [2.05, 4.69) is 28.9 Å². The van der Waals surface area contributed by atoms with Crippen LogP contribution >= 0.6 is 0 Å². The van der Waals surface area contributed by atoms with Crippen molar-refractivity contribution in [3.8, 4) is 11.8 Å². The number of nitrogens with one attached hydrogen (secondary N) is 3. The molecule has 3 aromatic carbocycles. The predicted molar refractivity (Wildman–Crippen MR) is 125 cm³/mol. The molecule has 0 radical (unpaired) electrons. The van der Waals surface area contributed by atoms with Crippen LogP contribution in [-0.4, -0.2) is 18.4 Å². The highest BCUT2D eigenvalue weighted by Crippen LogP contribution is 2.35. The zero-order chi connectivity index (χ0) is 23.2. The molecule has 0 aliphatic carbocycles. The Morgan fingerprint density at radius 2 is 1.82 bits per heavy atom. The number of hydrogen-bond donors (Lipinski definition) is 3. The second-order valence-corrected chi connectivity index (χ2v) is 7.75. The fourth-order valence-electron chi connectivity index (χ4n) is 3.61. The van der Waals surface area contributed by atoms with Crippen LogP contribution in [0.25, 0.3) is 0 Å². The first-order valence-electron chi connectivity index (χ1n) is 10.5. The van der Waals surface area contributed by atoms with Gasteiger partial charge in [0.25, 0.3) is 5.88 Å². The number of rotatable bonds is 7. The van der Waals surface area contributed by atoms with Crippen molar-refractivity contribution < 1.29 is 14.3 Å². The lowest BCUT2D eigenvalue weighted by atomic mass is 9.98. The number of anilines is 2. The van der Waals surface area contributed by atoms with Crippen LogP contribution in [0.3, 0.4) is 0 Å². The SMILES string of the molecule is C[C@@H](CNC(C(=O)Nc1ccc2c(c1)OC(=C=O)N2)c1ccccc1)c1ccc(C#N)cc1. The van der Waals surface area contributed by atoms with Crippen molar-refractivity contribution in [2.75, 3.05) is 17.2 Å². The molecule has 33 heavy (non-hydrogen) atoms. The summed E-state index contributed by atoms with van der Waals surface area (Å²) in [7, 11) is 0. The number of nitriles is 1. The normalized spacial score (nSPS) is 13.5. The minimum Gasteiger partial charge on any atom is -0.429 e. The summed E-state index contributed by atoms with van der Waals surface area (Å²) in [6, 6.07) is 23.6. The van der Waals surface area contributed by atoms with Gasteiger partial charge >= 0.3 is 0 Å². The van der Waals surface area contributed by atoms with Crippen molar-refractivity contribution in [3.63, 3.8) is 0 Å². The Bertz CT molecular complexity index is 1240. The molecule has 0 spiro atoms. The van der Waals surface area contributed by atoms with Crippen LogP contribution in [0.5, 0.6) is 5.75 Å². The Morgan fingerprint density at radius 1 is 1.06 bits per heavy atom. The highest BCUT2D eigenvalue weighted by molar-refractivity contribution is 5.96. The van der Waals surface area contributed by atoms with Crippen molar-refractivity contribution in [1.29, 1.82) is 5.26 Å². The van der Waals surface area contributed by atoms with Gasteiger partial charge in [-0.1, -0.05) is 49.4 Å². The first-order valence-corrected chi connectivity index (χ1v) is 10.5. The molecule has 0 fully saturated rings. The Kier molecular flexibility index (Phi) is 6.51. The molecule has 0 aromatic heterocycles. The monoisotopic (exact) mass is 438 g/mol. The molecule has 1 heterocycles. The molecule has 7 heteroatoms. The van der Waals surface area contributed by atoms with Crippen LogP contribution < -0.4 is 20.7 Å². The van der Waals surface area contributed by atoms with E-state index < -0.39 is 6.04 Å². The number of carbonyl (C=O) groups is 1. The van der Waals surface area contributed by atoms with E-state index in [0.717, 1.165) is 11.1 Å². The standard InChI is InChI=1S/C26H22N4O3/c1-17(19-9-7-18(14-27)8-10-19)15-28-25(20-5-3-2-4-6-20)26(32)29-21-11-12-22-23(13-21)33-24(16-31)30-22/h2-13,17,25,28,30H,15H2,1H3,(H,29,32)/t17-,25?/m0/s1. The van der Waals surface area contributed by atoms with E-state index in [0.29, 0.717) is 29.2 Å². The van der Waals surface area contributed by atoms with Gasteiger partial charge in [0.1, 0.15) is 6.04 Å². The largest absolute Gasteiger partial charge is 0.429 e. The van der Waals surface area contributed by atoms with Crippen LogP contribution in [0.2, 0.25) is 0 Å². The molecule has 2 atom stereocenters. The highest BCUT2D eigenvalue weighted by atomic mass is 16.5. The molecule has 1 amide bonds. The quantitative estimate of drug-likeness (QED) is 0.480. The van der Waals surface area contributed by atoms with E-state index in [9.17, 15) is 9.59 Å². The Labute approximate surface area is 191 Å².